The van der Waals surface area contributed by atoms with Crippen LogP contribution in [0.5, 0.6) is 0 Å². The van der Waals surface area contributed by atoms with Crippen LogP contribution < -0.4 is 0 Å². The highest BCUT2D eigenvalue weighted by molar-refractivity contribution is 5.94. The topological polar surface area (TPSA) is 52.6 Å². The van der Waals surface area contributed by atoms with Gasteiger partial charge in [0.15, 0.2) is 5.92 Å². The normalized spacial score (nSPS) is 12.3. The van der Waals surface area contributed by atoms with Crippen molar-refractivity contribution in [2.24, 2.45) is 11.8 Å². The first-order chi connectivity index (χ1) is 8.06. The molecule has 0 N–H and O–H groups in total. The highest BCUT2D eigenvalue weighted by Gasteiger charge is 2.29. The summed E-state index contributed by atoms with van der Waals surface area (Å²) in [6.45, 7) is 4.20. The fourth-order valence-corrected chi connectivity index (χ4v) is 1.84. The molecule has 0 aliphatic rings. The minimum Gasteiger partial charge on any atom is -0.468 e. The van der Waals surface area contributed by atoms with E-state index in [4.69, 9.17) is 0 Å². The van der Waals surface area contributed by atoms with Crippen LogP contribution in [0, 0.1) is 11.8 Å². The van der Waals surface area contributed by atoms with E-state index >= 15 is 0 Å². The van der Waals surface area contributed by atoms with E-state index in [2.05, 4.69) is 23.3 Å². The lowest BCUT2D eigenvalue weighted by Gasteiger charge is -2.17. The van der Waals surface area contributed by atoms with E-state index in [0.717, 1.165) is 12.8 Å². The minimum atomic E-state index is -0.776. The van der Waals surface area contributed by atoms with Crippen molar-refractivity contribution >= 4 is 11.9 Å². The predicted molar refractivity (Wildman–Crippen MR) is 65.4 cm³/mol. The number of hydrogen-bond acceptors (Lipinski definition) is 4. The van der Waals surface area contributed by atoms with Crippen molar-refractivity contribution in [2.45, 2.75) is 46.0 Å². The second kappa shape index (κ2) is 9.02. The third-order valence-corrected chi connectivity index (χ3v) is 2.91. The van der Waals surface area contributed by atoms with E-state index in [9.17, 15) is 9.59 Å². The SMILES string of the molecule is CCCCCC(C)CC(C(=O)OC)C(=O)OC. The number of ether oxygens (including phenoxy) is 2. The molecule has 0 amide bonds. The fraction of sp³-hybridized carbons (Fsp3) is 0.846. The lowest BCUT2D eigenvalue weighted by molar-refractivity contribution is -0.159. The quantitative estimate of drug-likeness (QED) is 0.374. The first kappa shape index (κ1) is 15.9. The number of rotatable bonds is 8. The fourth-order valence-electron chi connectivity index (χ4n) is 1.84. The molecule has 0 heterocycles. The number of unbranched alkanes of at least 4 members (excludes halogenated alkanes) is 2. The largest absolute Gasteiger partial charge is 0.468 e. The van der Waals surface area contributed by atoms with Crippen molar-refractivity contribution in [3.8, 4) is 0 Å². The summed E-state index contributed by atoms with van der Waals surface area (Å²) in [4.78, 5) is 22.9. The van der Waals surface area contributed by atoms with Crippen molar-refractivity contribution in [3.05, 3.63) is 0 Å². The molecule has 0 aliphatic carbocycles. The van der Waals surface area contributed by atoms with Crippen LogP contribution in [0.4, 0.5) is 0 Å². The third kappa shape index (κ3) is 6.29. The number of hydrogen-bond donors (Lipinski definition) is 0. The standard InChI is InChI=1S/C13H24O4/c1-5-6-7-8-10(2)9-11(12(14)16-3)13(15)17-4/h10-11H,5-9H2,1-4H3. The van der Waals surface area contributed by atoms with Gasteiger partial charge in [0.25, 0.3) is 0 Å². The summed E-state index contributed by atoms with van der Waals surface area (Å²) in [7, 11) is 2.58. The molecular weight excluding hydrogens is 220 g/mol. The third-order valence-electron chi connectivity index (χ3n) is 2.91. The Labute approximate surface area is 104 Å². The van der Waals surface area contributed by atoms with Crippen LogP contribution in [0.2, 0.25) is 0 Å². The first-order valence-corrected chi connectivity index (χ1v) is 6.22. The summed E-state index contributed by atoms with van der Waals surface area (Å²) < 4.78 is 9.24. The average Bonchev–Trinajstić information content (AvgIpc) is 2.34. The smallest absolute Gasteiger partial charge is 0.320 e. The van der Waals surface area contributed by atoms with Gasteiger partial charge in [0.2, 0.25) is 0 Å². The van der Waals surface area contributed by atoms with Gasteiger partial charge in [0, 0.05) is 0 Å². The molecule has 0 fully saturated rings. The number of carbonyl (C=O) groups is 2. The number of esters is 2. The van der Waals surface area contributed by atoms with Gasteiger partial charge in [-0.25, -0.2) is 0 Å². The maximum Gasteiger partial charge on any atom is 0.320 e. The molecule has 4 nitrogen and oxygen atoms in total. The molecule has 0 spiro atoms. The van der Waals surface area contributed by atoms with Gasteiger partial charge in [-0.2, -0.15) is 0 Å². The zero-order valence-electron chi connectivity index (χ0n) is 11.3. The summed E-state index contributed by atoms with van der Waals surface area (Å²) in [5.41, 5.74) is 0. The summed E-state index contributed by atoms with van der Waals surface area (Å²) >= 11 is 0. The van der Waals surface area contributed by atoms with Gasteiger partial charge < -0.3 is 9.47 Å². The van der Waals surface area contributed by atoms with Crippen molar-refractivity contribution in [1.82, 2.24) is 0 Å². The zero-order chi connectivity index (χ0) is 13.3. The number of methoxy groups -OCH3 is 2. The monoisotopic (exact) mass is 244 g/mol. The molecule has 0 aromatic carbocycles. The first-order valence-electron chi connectivity index (χ1n) is 6.22. The van der Waals surface area contributed by atoms with Crippen molar-refractivity contribution in [1.29, 1.82) is 0 Å². The molecule has 100 valence electrons. The maximum atomic E-state index is 11.5. The van der Waals surface area contributed by atoms with Crippen molar-refractivity contribution < 1.29 is 19.1 Å². The average molecular weight is 244 g/mol. The van der Waals surface area contributed by atoms with Gasteiger partial charge in [0.05, 0.1) is 14.2 Å². The predicted octanol–water partition coefficient (Wildman–Crippen LogP) is 2.56. The Morgan fingerprint density at radius 1 is 1.06 bits per heavy atom. The Morgan fingerprint density at radius 3 is 2.00 bits per heavy atom. The molecule has 4 heteroatoms. The van der Waals surface area contributed by atoms with E-state index in [-0.39, 0.29) is 0 Å². The molecule has 0 aliphatic heterocycles. The lowest BCUT2D eigenvalue weighted by atomic mass is 9.91. The molecule has 1 atom stereocenters. The van der Waals surface area contributed by atoms with Gasteiger partial charge in [0.1, 0.15) is 0 Å². The van der Waals surface area contributed by atoms with Crippen LogP contribution in [-0.4, -0.2) is 26.2 Å². The lowest BCUT2D eigenvalue weighted by Crippen LogP contribution is -2.28. The van der Waals surface area contributed by atoms with Gasteiger partial charge in [-0.1, -0.05) is 39.5 Å². The van der Waals surface area contributed by atoms with Crippen LogP contribution in [0.25, 0.3) is 0 Å². The van der Waals surface area contributed by atoms with Crippen LogP contribution in [0.1, 0.15) is 46.0 Å². The number of carbonyl (C=O) groups excluding carboxylic acids is 2. The van der Waals surface area contributed by atoms with Gasteiger partial charge in [-0.15, -0.1) is 0 Å². The summed E-state index contributed by atoms with van der Waals surface area (Å²) in [6.07, 6.45) is 5.02. The van der Waals surface area contributed by atoms with Crippen LogP contribution in [0.3, 0.4) is 0 Å². The molecule has 0 aromatic rings. The Morgan fingerprint density at radius 2 is 1.59 bits per heavy atom. The Hall–Kier alpha value is -1.06. The van der Waals surface area contributed by atoms with Gasteiger partial charge in [-0.3, -0.25) is 9.59 Å². The van der Waals surface area contributed by atoms with Gasteiger partial charge >= 0.3 is 11.9 Å². The summed E-state index contributed by atoms with van der Waals surface area (Å²) in [5.74, 6) is -1.45. The molecule has 0 bridgehead atoms. The Kier molecular flexibility index (Phi) is 8.46. The maximum absolute atomic E-state index is 11.5. The Bertz CT molecular complexity index is 222. The van der Waals surface area contributed by atoms with Crippen LogP contribution >= 0.6 is 0 Å². The second-order valence-electron chi connectivity index (χ2n) is 4.44. The minimum absolute atomic E-state index is 0.324. The zero-order valence-corrected chi connectivity index (χ0v) is 11.3. The molecule has 0 radical (unpaired) electrons. The van der Waals surface area contributed by atoms with Crippen LogP contribution in [-0.2, 0) is 19.1 Å². The molecule has 0 saturated carbocycles. The highest BCUT2D eigenvalue weighted by Crippen LogP contribution is 2.20. The molecular formula is C13H24O4. The highest BCUT2D eigenvalue weighted by atomic mass is 16.5. The summed E-state index contributed by atoms with van der Waals surface area (Å²) in [5, 5.41) is 0. The van der Waals surface area contributed by atoms with E-state index in [1.165, 1.54) is 27.1 Å². The van der Waals surface area contributed by atoms with Crippen molar-refractivity contribution in [3.63, 3.8) is 0 Å². The molecule has 1 unspecified atom stereocenters. The van der Waals surface area contributed by atoms with E-state index in [1.807, 2.05) is 0 Å². The van der Waals surface area contributed by atoms with E-state index < -0.39 is 17.9 Å². The second-order valence-corrected chi connectivity index (χ2v) is 4.44. The van der Waals surface area contributed by atoms with E-state index in [0.29, 0.717) is 12.3 Å². The molecule has 0 saturated heterocycles. The van der Waals surface area contributed by atoms with Gasteiger partial charge in [-0.05, 0) is 12.3 Å². The Balaban J connectivity index is 4.23. The molecule has 0 rings (SSSR count). The van der Waals surface area contributed by atoms with Crippen LogP contribution in [0.15, 0.2) is 0 Å². The molecule has 17 heavy (non-hydrogen) atoms. The summed E-state index contributed by atoms with van der Waals surface area (Å²) in [6, 6.07) is 0. The van der Waals surface area contributed by atoms with Crippen molar-refractivity contribution in [2.75, 3.05) is 14.2 Å². The molecule has 0 aromatic heterocycles. The van der Waals surface area contributed by atoms with E-state index in [1.54, 1.807) is 0 Å².